The van der Waals surface area contributed by atoms with Crippen LogP contribution in [0.15, 0.2) is 24.3 Å². The van der Waals surface area contributed by atoms with Crippen LogP contribution in [0.2, 0.25) is 0 Å². The van der Waals surface area contributed by atoms with Gasteiger partial charge in [-0.05, 0) is 6.07 Å². The fourth-order valence-electron chi connectivity index (χ4n) is 1.65. The molecule has 0 bridgehead atoms. The van der Waals surface area contributed by atoms with Crippen LogP contribution < -0.4 is 0 Å². The summed E-state index contributed by atoms with van der Waals surface area (Å²) in [5, 5.41) is 1.20. The maximum Gasteiger partial charge on any atom is 0.109 e. The van der Waals surface area contributed by atoms with Gasteiger partial charge in [-0.2, -0.15) is 0 Å². The molecule has 2 heteroatoms. The molecule has 0 saturated heterocycles. The normalized spacial score (nSPS) is 13.5. The molecule has 0 unspecified atom stereocenters. The highest BCUT2D eigenvalue weighted by molar-refractivity contribution is 7.19. The molecule has 0 fully saturated rings. The molecule has 1 aromatic carbocycles. The van der Waals surface area contributed by atoms with Gasteiger partial charge in [0.2, 0.25) is 0 Å². The van der Waals surface area contributed by atoms with Crippen molar-refractivity contribution in [1.82, 2.24) is 0 Å². The van der Waals surface area contributed by atoms with Crippen molar-refractivity contribution in [3.05, 3.63) is 34.7 Å². The Morgan fingerprint density at radius 2 is 1.88 bits per heavy atom. The van der Waals surface area contributed by atoms with E-state index in [1.54, 1.807) is 11.3 Å². The summed E-state index contributed by atoms with van der Waals surface area (Å²) in [4.78, 5) is 1.05. The van der Waals surface area contributed by atoms with E-state index in [0.29, 0.717) is 13.2 Å². The Balaban J connectivity index is 2.32. The van der Waals surface area contributed by atoms with E-state index in [1.807, 2.05) is 12.1 Å². The number of hydrogen-bond acceptors (Lipinski definition) is 2. The molecule has 76 valence electrons. The highest BCUT2D eigenvalue weighted by Crippen LogP contribution is 2.30. The van der Waals surface area contributed by atoms with Crippen molar-refractivity contribution >= 4 is 21.4 Å². The average Bonchev–Trinajstić information content (AvgIpc) is 2.69. The minimum atomic E-state index is 0.457. The molecule has 0 aliphatic carbocycles. The Kier molecular flexibility index (Phi) is 2.38. The topological polar surface area (TPSA) is 9.23 Å². The van der Waals surface area contributed by atoms with Crippen molar-refractivity contribution in [3.63, 3.8) is 0 Å². The van der Waals surface area contributed by atoms with E-state index in [2.05, 4.69) is 35.8 Å². The number of benzene rings is 1. The van der Waals surface area contributed by atoms with Crippen molar-refractivity contribution in [1.29, 1.82) is 0 Å². The molecule has 1 nitrogen and oxygen atoms in total. The zero-order valence-corrected chi connectivity index (χ0v) is 9.36. The third-order valence-electron chi connectivity index (χ3n) is 2.36. The fourth-order valence-corrected chi connectivity index (χ4v) is 2.68. The predicted molar refractivity (Wildman–Crippen MR) is 66.4 cm³/mol. The molecule has 0 radical (unpaired) electrons. The minimum Gasteiger partial charge on any atom is -0.356 e. The van der Waals surface area contributed by atoms with Crippen LogP contribution in [0.25, 0.3) is 10.1 Å². The molecule has 0 spiro atoms. The maximum atomic E-state index is 5.22. The van der Waals surface area contributed by atoms with Crippen LogP contribution >= 0.6 is 11.3 Å². The molecule has 16 heavy (non-hydrogen) atoms. The molecular formula is C14H8OS. The quantitative estimate of drug-likeness (QED) is 0.625. The van der Waals surface area contributed by atoms with Gasteiger partial charge >= 0.3 is 0 Å². The first-order valence-corrected chi connectivity index (χ1v) is 5.84. The summed E-state index contributed by atoms with van der Waals surface area (Å²) in [6.07, 6.45) is 0. The van der Waals surface area contributed by atoms with Crippen molar-refractivity contribution < 1.29 is 4.74 Å². The standard InChI is InChI=1S/C14H8OS/c1-2-7-13-11(5-1)12-6-3-9-15-10-4-8-14(12)16-13/h1-2,5,7H,9-10H2. The van der Waals surface area contributed by atoms with Gasteiger partial charge in [0.15, 0.2) is 0 Å². The summed E-state index contributed by atoms with van der Waals surface area (Å²) in [6, 6.07) is 8.29. The van der Waals surface area contributed by atoms with Crippen molar-refractivity contribution in [2.45, 2.75) is 0 Å². The van der Waals surface area contributed by atoms with Crippen molar-refractivity contribution in [2.75, 3.05) is 13.2 Å². The molecule has 0 N–H and O–H groups in total. The fraction of sp³-hybridized carbons (Fsp3) is 0.143. The lowest BCUT2D eigenvalue weighted by molar-refractivity contribution is 0.204. The summed E-state index contributed by atoms with van der Waals surface area (Å²) >= 11 is 1.70. The van der Waals surface area contributed by atoms with E-state index < -0.39 is 0 Å². The molecule has 0 saturated carbocycles. The van der Waals surface area contributed by atoms with E-state index in [-0.39, 0.29) is 0 Å². The van der Waals surface area contributed by atoms with Gasteiger partial charge in [0.1, 0.15) is 13.2 Å². The monoisotopic (exact) mass is 224 g/mol. The molecule has 3 rings (SSSR count). The Labute approximate surface area is 98.0 Å². The maximum absolute atomic E-state index is 5.22. The molecular weight excluding hydrogens is 216 g/mol. The Bertz CT molecular complexity index is 659. The lowest BCUT2D eigenvalue weighted by Gasteiger charge is -1.89. The summed E-state index contributed by atoms with van der Waals surface area (Å²) in [7, 11) is 0. The van der Waals surface area contributed by atoms with Gasteiger partial charge in [-0.25, -0.2) is 0 Å². The number of thiophene rings is 1. The summed E-state index contributed by atoms with van der Waals surface area (Å²) in [6.45, 7) is 0.917. The van der Waals surface area contributed by atoms with Crippen LogP contribution in [-0.2, 0) is 4.74 Å². The first-order valence-electron chi connectivity index (χ1n) is 5.02. The number of rotatable bonds is 0. The molecule has 2 aromatic rings. The van der Waals surface area contributed by atoms with E-state index in [9.17, 15) is 0 Å². The van der Waals surface area contributed by atoms with E-state index in [4.69, 9.17) is 4.74 Å². The minimum absolute atomic E-state index is 0.457. The molecule has 1 aromatic heterocycles. The van der Waals surface area contributed by atoms with Crippen LogP contribution in [0.4, 0.5) is 0 Å². The zero-order valence-electron chi connectivity index (χ0n) is 8.54. The van der Waals surface area contributed by atoms with E-state index in [0.717, 1.165) is 10.4 Å². The van der Waals surface area contributed by atoms with Crippen LogP contribution in [0, 0.1) is 23.7 Å². The van der Waals surface area contributed by atoms with Crippen LogP contribution in [0.3, 0.4) is 0 Å². The van der Waals surface area contributed by atoms with Gasteiger partial charge in [0, 0.05) is 10.1 Å². The molecule has 0 amide bonds. The Morgan fingerprint density at radius 1 is 1.06 bits per heavy atom. The van der Waals surface area contributed by atoms with Gasteiger partial charge in [-0.1, -0.05) is 41.9 Å². The second kappa shape index (κ2) is 4.02. The van der Waals surface area contributed by atoms with E-state index in [1.165, 1.54) is 10.1 Å². The highest BCUT2D eigenvalue weighted by atomic mass is 32.1. The lowest BCUT2D eigenvalue weighted by Crippen LogP contribution is -1.90. The third kappa shape index (κ3) is 1.59. The van der Waals surface area contributed by atoms with Crippen LogP contribution in [-0.4, -0.2) is 13.2 Å². The predicted octanol–water partition coefficient (Wildman–Crippen LogP) is 2.63. The van der Waals surface area contributed by atoms with Gasteiger partial charge in [0.05, 0.1) is 10.4 Å². The number of hydrogen-bond donors (Lipinski definition) is 0. The van der Waals surface area contributed by atoms with E-state index >= 15 is 0 Å². The second-order valence-corrected chi connectivity index (χ2v) is 4.45. The Morgan fingerprint density at radius 3 is 2.81 bits per heavy atom. The van der Waals surface area contributed by atoms with Crippen molar-refractivity contribution in [3.8, 4) is 23.7 Å². The zero-order chi connectivity index (χ0) is 10.8. The van der Waals surface area contributed by atoms with Crippen LogP contribution in [0.1, 0.15) is 10.4 Å². The molecule has 1 aliphatic heterocycles. The lowest BCUT2D eigenvalue weighted by atomic mass is 10.1. The van der Waals surface area contributed by atoms with Crippen LogP contribution in [0.5, 0.6) is 0 Å². The third-order valence-corrected chi connectivity index (χ3v) is 3.45. The average molecular weight is 224 g/mol. The highest BCUT2D eigenvalue weighted by Gasteiger charge is 2.08. The van der Waals surface area contributed by atoms with Gasteiger partial charge < -0.3 is 4.74 Å². The Hall–Kier alpha value is -1.74. The molecule has 1 aliphatic rings. The molecule has 0 atom stereocenters. The summed E-state index contributed by atoms with van der Waals surface area (Å²) in [5.41, 5.74) is 1.05. The number of ether oxygens (including phenoxy) is 1. The summed E-state index contributed by atoms with van der Waals surface area (Å²) < 4.78 is 6.47. The van der Waals surface area contributed by atoms with Crippen molar-refractivity contribution in [2.24, 2.45) is 0 Å². The van der Waals surface area contributed by atoms with Gasteiger partial charge in [-0.15, -0.1) is 11.3 Å². The van der Waals surface area contributed by atoms with Gasteiger partial charge in [0.25, 0.3) is 0 Å². The first-order chi connectivity index (χ1) is 7.95. The van der Waals surface area contributed by atoms with Gasteiger partial charge in [-0.3, -0.25) is 0 Å². The smallest absolute Gasteiger partial charge is 0.109 e. The molecule has 2 heterocycles. The second-order valence-electron chi connectivity index (χ2n) is 3.40. The summed E-state index contributed by atoms with van der Waals surface area (Å²) in [5.74, 6) is 12.3. The largest absolute Gasteiger partial charge is 0.356 e. The SMILES string of the molecule is C1#Cc2sc3ccccc3c2C#CCOC1. The number of fused-ring (bicyclic) bond motifs is 3. The first kappa shape index (κ1) is 9.48.